The Kier molecular flexibility index (Phi) is 8.29. The van der Waals surface area contributed by atoms with E-state index < -0.39 is 6.04 Å². The number of ether oxygens (including phenoxy) is 2. The fraction of sp³-hybridized carbons (Fsp3) is 0.419. The van der Waals surface area contributed by atoms with Crippen LogP contribution in [0, 0.1) is 5.92 Å². The summed E-state index contributed by atoms with van der Waals surface area (Å²) in [4.78, 5) is 20.2. The van der Waals surface area contributed by atoms with Crippen LogP contribution in [-0.2, 0) is 11.2 Å². The van der Waals surface area contributed by atoms with E-state index in [1.807, 2.05) is 68.6 Å². The van der Waals surface area contributed by atoms with Crippen molar-refractivity contribution in [3.05, 3.63) is 76.4 Å². The fourth-order valence-electron chi connectivity index (χ4n) is 5.58. The summed E-state index contributed by atoms with van der Waals surface area (Å²) in [7, 11) is 1.62. The normalized spacial score (nSPS) is 21.0. The average molecular weight is 549 g/mol. The van der Waals surface area contributed by atoms with Gasteiger partial charge in [-0.25, -0.2) is 4.98 Å². The van der Waals surface area contributed by atoms with Crippen molar-refractivity contribution in [2.45, 2.75) is 64.1 Å². The van der Waals surface area contributed by atoms with Gasteiger partial charge in [-0.05, 0) is 98.5 Å². The maximum atomic E-state index is 13.7. The van der Waals surface area contributed by atoms with E-state index in [2.05, 4.69) is 5.32 Å². The summed E-state index contributed by atoms with van der Waals surface area (Å²) in [6.45, 7) is 4.86. The van der Waals surface area contributed by atoms with Crippen LogP contribution in [0.1, 0.15) is 62.3 Å². The van der Waals surface area contributed by atoms with Crippen LogP contribution in [0.2, 0.25) is 5.02 Å². The van der Waals surface area contributed by atoms with Crippen molar-refractivity contribution in [2.75, 3.05) is 23.9 Å². The number of nitrogens with two attached hydrogens (primary N) is 1. The molecule has 0 saturated heterocycles. The predicted octanol–water partition coefficient (Wildman–Crippen LogP) is 6.14. The first-order valence-electron chi connectivity index (χ1n) is 13.7. The zero-order chi connectivity index (χ0) is 27.5. The van der Waals surface area contributed by atoms with Crippen LogP contribution in [0.25, 0.3) is 0 Å². The van der Waals surface area contributed by atoms with Crippen LogP contribution in [0.3, 0.4) is 0 Å². The maximum absolute atomic E-state index is 13.7. The number of hydrogen-bond acceptors (Lipinski definition) is 6. The van der Waals surface area contributed by atoms with Gasteiger partial charge in [0.1, 0.15) is 5.82 Å². The number of halogens is 1. The van der Waals surface area contributed by atoms with E-state index in [0.717, 1.165) is 54.6 Å². The summed E-state index contributed by atoms with van der Waals surface area (Å²) >= 11 is 6.22. The smallest absolute Gasteiger partial charge is 0.233 e. The number of fused-ring (bicyclic) bond motifs is 1. The zero-order valence-electron chi connectivity index (χ0n) is 22.8. The van der Waals surface area contributed by atoms with Gasteiger partial charge in [0.15, 0.2) is 11.5 Å². The molecule has 1 amide bonds. The number of aromatic nitrogens is 1. The molecule has 2 aromatic carbocycles. The molecule has 2 aliphatic rings. The van der Waals surface area contributed by atoms with Crippen LogP contribution in [-0.4, -0.2) is 36.7 Å². The molecule has 3 N–H and O–H groups in total. The summed E-state index contributed by atoms with van der Waals surface area (Å²) < 4.78 is 11.7. The molecule has 1 saturated carbocycles. The Bertz CT molecular complexity index is 1290. The quantitative estimate of drug-likeness (QED) is 0.351. The molecule has 3 aromatic rings. The summed E-state index contributed by atoms with van der Waals surface area (Å²) in [5.41, 5.74) is 9.83. The van der Waals surface area contributed by atoms with Crippen molar-refractivity contribution in [2.24, 2.45) is 11.7 Å². The van der Waals surface area contributed by atoms with Crippen molar-refractivity contribution in [3.63, 3.8) is 0 Å². The van der Waals surface area contributed by atoms with E-state index in [9.17, 15) is 4.79 Å². The molecule has 1 fully saturated rings. The number of amides is 1. The van der Waals surface area contributed by atoms with Gasteiger partial charge in [-0.15, -0.1) is 0 Å². The van der Waals surface area contributed by atoms with Gasteiger partial charge in [-0.1, -0.05) is 23.7 Å². The molecule has 39 heavy (non-hydrogen) atoms. The number of nitrogens with zero attached hydrogens (tertiary/aromatic N) is 2. The monoisotopic (exact) mass is 548 g/mol. The standard InChI is InChI=1S/C31H37ClN4O3/c1-19(2)39-28-16-26-22(14-27(28)38-3)15-30(37)36(31(26)21-6-8-23(32)9-7-21)29-13-12-25(18-35-29)34-17-20-4-10-24(33)11-5-20/h6-9,12-14,16,18-20,24,31,34H,4-5,10-11,15,17,33H2,1-3H3/t20?,24?,31-/m0/s1. The molecule has 1 aliphatic heterocycles. The van der Waals surface area contributed by atoms with Crippen molar-refractivity contribution >= 4 is 29.0 Å². The first kappa shape index (κ1) is 27.3. The predicted molar refractivity (Wildman–Crippen MR) is 156 cm³/mol. The molecular formula is C31H37ClN4O3. The Labute approximate surface area is 235 Å². The van der Waals surface area contributed by atoms with Crippen LogP contribution in [0.15, 0.2) is 54.7 Å². The minimum absolute atomic E-state index is 0.0284. The summed E-state index contributed by atoms with van der Waals surface area (Å²) in [5.74, 6) is 2.46. The second-order valence-corrected chi connectivity index (χ2v) is 11.3. The highest BCUT2D eigenvalue weighted by molar-refractivity contribution is 6.30. The lowest BCUT2D eigenvalue weighted by atomic mass is 9.86. The highest BCUT2D eigenvalue weighted by Crippen LogP contribution is 2.43. The molecule has 0 radical (unpaired) electrons. The number of carbonyl (C=O) groups excluding carboxylic acids is 1. The number of hydrogen-bond donors (Lipinski definition) is 2. The topological polar surface area (TPSA) is 89.7 Å². The number of nitrogens with one attached hydrogen (secondary N) is 1. The molecule has 5 rings (SSSR count). The molecule has 1 atom stereocenters. The average Bonchev–Trinajstić information content (AvgIpc) is 2.92. The Hall–Kier alpha value is -3.29. The Morgan fingerprint density at radius 1 is 1.08 bits per heavy atom. The van der Waals surface area contributed by atoms with Gasteiger partial charge in [0.05, 0.1) is 37.6 Å². The van der Waals surface area contributed by atoms with Crippen molar-refractivity contribution in [1.29, 1.82) is 0 Å². The van der Waals surface area contributed by atoms with Crippen molar-refractivity contribution < 1.29 is 14.3 Å². The van der Waals surface area contributed by atoms with Crippen LogP contribution in [0.4, 0.5) is 11.5 Å². The number of anilines is 2. The number of rotatable bonds is 8. The molecule has 7 nitrogen and oxygen atoms in total. The zero-order valence-corrected chi connectivity index (χ0v) is 23.6. The van der Waals surface area contributed by atoms with Crippen molar-refractivity contribution in [3.8, 4) is 11.5 Å². The van der Waals surface area contributed by atoms with Crippen molar-refractivity contribution in [1.82, 2.24) is 4.98 Å². The Morgan fingerprint density at radius 3 is 2.46 bits per heavy atom. The lowest BCUT2D eigenvalue weighted by Crippen LogP contribution is -2.41. The van der Waals surface area contributed by atoms with Gasteiger partial charge >= 0.3 is 0 Å². The highest BCUT2D eigenvalue weighted by atomic mass is 35.5. The van der Waals surface area contributed by atoms with Crippen LogP contribution in [0.5, 0.6) is 11.5 Å². The van der Waals surface area contributed by atoms with E-state index in [4.69, 9.17) is 31.8 Å². The third kappa shape index (κ3) is 6.15. The molecule has 8 heteroatoms. The molecule has 0 spiro atoms. The minimum atomic E-state index is -0.392. The van der Waals surface area contributed by atoms with Gasteiger partial charge in [0.2, 0.25) is 5.91 Å². The van der Waals surface area contributed by atoms with E-state index in [0.29, 0.717) is 34.3 Å². The lowest BCUT2D eigenvalue weighted by Gasteiger charge is -2.37. The van der Waals surface area contributed by atoms with E-state index >= 15 is 0 Å². The first-order chi connectivity index (χ1) is 18.8. The van der Waals surface area contributed by atoms with E-state index in [1.165, 1.54) is 0 Å². The van der Waals surface area contributed by atoms with Crippen LogP contribution < -0.4 is 25.4 Å². The van der Waals surface area contributed by atoms with Crippen LogP contribution >= 0.6 is 11.6 Å². The molecule has 2 heterocycles. The second kappa shape index (κ2) is 11.8. The Morgan fingerprint density at radius 2 is 1.82 bits per heavy atom. The van der Waals surface area contributed by atoms with Gasteiger partial charge in [0, 0.05) is 17.6 Å². The summed E-state index contributed by atoms with van der Waals surface area (Å²) in [5, 5.41) is 4.16. The van der Waals surface area contributed by atoms with Gasteiger partial charge < -0.3 is 20.5 Å². The maximum Gasteiger partial charge on any atom is 0.233 e. The van der Waals surface area contributed by atoms with E-state index in [1.54, 1.807) is 12.0 Å². The third-order valence-electron chi connectivity index (χ3n) is 7.62. The molecule has 0 bridgehead atoms. The molecule has 1 aromatic heterocycles. The minimum Gasteiger partial charge on any atom is -0.493 e. The molecular weight excluding hydrogens is 512 g/mol. The number of carbonyl (C=O) groups is 1. The first-order valence-corrected chi connectivity index (χ1v) is 14.1. The number of pyridine rings is 1. The molecule has 1 aliphatic carbocycles. The molecule has 0 unspecified atom stereocenters. The summed E-state index contributed by atoms with van der Waals surface area (Å²) in [6, 6.07) is 15.4. The fourth-order valence-corrected chi connectivity index (χ4v) is 5.71. The van der Waals surface area contributed by atoms with Gasteiger partial charge in [-0.2, -0.15) is 0 Å². The summed E-state index contributed by atoms with van der Waals surface area (Å²) in [6.07, 6.45) is 6.50. The third-order valence-corrected chi connectivity index (χ3v) is 7.87. The Balaban J connectivity index is 1.47. The second-order valence-electron chi connectivity index (χ2n) is 10.8. The molecule has 206 valence electrons. The van der Waals surface area contributed by atoms with Gasteiger partial charge in [-0.3, -0.25) is 9.69 Å². The highest BCUT2D eigenvalue weighted by Gasteiger charge is 2.36. The van der Waals surface area contributed by atoms with Gasteiger partial charge in [0.25, 0.3) is 0 Å². The SMILES string of the molecule is COc1cc2c(cc1OC(C)C)[C@H](c1ccc(Cl)cc1)N(c1ccc(NCC3CCC(N)CC3)cn1)C(=O)C2. The number of methoxy groups -OCH3 is 1. The lowest BCUT2D eigenvalue weighted by molar-refractivity contribution is -0.118. The number of benzene rings is 2. The largest absolute Gasteiger partial charge is 0.493 e. The van der Waals surface area contributed by atoms with E-state index in [-0.39, 0.29) is 18.4 Å².